The zero-order chi connectivity index (χ0) is 15.9. The van der Waals surface area contributed by atoms with Gasteiger partial charge in [0.15, 0.2) is 0 Å². The molecule has 122 valence electrons. The first-order valence-corrected chi connectivity index (χ1v) is 8.59. The molecular formula is C16H20N4O2S. The highest BCUT2D eigenvalue weighted by molar-refractivity contribution is 7.07. The smallest absolute Gasteiger partial charge is 0.238 e. The Hall–Kier alpha value is -1.96. The largest absolute Gasteiger partial charge is 0.492 e. The third-order valence-electron chi connectivity index (χ3n) is 3.66. The second kappa shape index (κ2) is 8.05. The molecule has 3 rings (SSSR count). The van der Waals surface area contributed by atoms with Gasteiger partial charge in [-0.1, -0.05) is 18.2 Å². The zero-order valence-corrected chi connectivity index (χ0v) is 13.5. The topological polar surface area (TPSA) is 75.3 Å². The van der Waals surface area contributed by atoms with E-state index in [1.807, 2.05) is 35.7 Å². The summed E-state index contributed by atoms with van der Waals surface area (Å²) in [6.07, 6.45) is 1.46. The van der Waals surface area contributed by atoms with Crippen LogP contribution < -0.4 is 20.9 Å². The number of thiazole rings is 1. The lowest BCUT2D eigenvalue weighted by atomic mass is 10.1. The van der Waals surface area contributed by atoms with Crippen LogP contribution in [-0.2, 0) is 11.2 Å². The Bertz CT molecular complexity index is 606. The normalized spacial score (nSPS) is 20.3. The zero-order valence-electron chi connectivity index (χ0n) is 12.7. The molecule has 0 radical (unpaired) electrons. The lowest BCUT2D eigenvalue weighted by molar-refractivity contribution is -0.122. The van der Waals surface area contributed by atoms with Gasteiger partial charge in [-0.3, -0.25) is 10.2 Å². The van der Waals surface area contributed by atoms with Gasteiger partial charge in [0.1, 0.15) is 18.4 Å². The number of carbonyl (C=O) groups is 1. The van der Waals surface area contributed by atoms with Gasteiger partial charge in [-0.15, -0.1) is 11.3 Å². The maximum atomic E-state index is 12.1. The van der Waals surface area contributed by atoms with Gasteiger partial charge in [-0.05, 0) is 18.6 Å². The van der Waals surface area contributed by atoms with Crippen LogP contribution >= 0.6 is 11.3 Å². The number of nitrogens with zero attached hydrogens (tertiary/aromatic N) is 1. The number of hydrazine groups is 1. The van der Waals surface area contributed by atoms with Crippen molar-refractivity contribution in [1.82, 2.24) is 21.2 Å². The lowest BCUT2D eigenvalue weighted by Crippen LogP contribution is -2.44. The number of amides is 1. The van der Waals surface area contributed by atoms with Gasteiger partial charge in [0.2, 0.25) is 5.91 Å². The first-order chi connectivity index (χ1) is 11.3. The van der Waals surface area contributed by atoms with E-state index in [2.05, 4.69) is 21.2 Å². The van der Waals surface area contributed by atoms with E-state index in [1.54, 1.807) is 16.8 Å². The molecule has 2 aromatic rings. The van der Waals surface area contributed by atoms with Gasteiger partial charge >= 0.3 is 0 Å². The van der Waals surface area contributed by atoms with Crippen molar-refractivity contribution >= 4 is 17.2 Å². The van der Waals surface area contributed by atoms with Crippen molar-refractivity contribution in [3.63, 3.8) is 0 Å². The summed E-state index contributed by atoms with van der Waals surface area (Å²) in [5.41, 5.74) is 8.96. The van der Waals surface area contributed by atoms with Crippen molar-refractivity contribution in [3.05, 3.63) is 46.9 Å². The van der Waals surface area contributed by atoms with E-state index in [0.717, 1.165) is 17.9 Å². The van der Waals surface area contributed by atoms with Gasteiger partial charge in [-0.25, -0.2) is 10.4 Å². The molecule has 0 bridgehead atoms. The van der Waals surface area contributed by atoms with E-state index in [-0.39, 0.29) is 18.0 Å². The molecule has 1 saturated heterocycles. The first-order valence-electron chi connectivity index (χ1n) is 7.65. The molecule has 6 nitrogen and oxygen atoms in total. The predicted octanol–water partition coefficient (Wildman–Crippen LogP) is 1.12. The highest BCUT2D eigenvalue weighted by Crippen LogP contribution is 2.11. The standard InChI is InChI=1S/C16H20N4O2S/c21-16(17-7-6-12-10-23-11-18-12)15-8-13(19-20-15)9-22-14-4-2-1-3-5-14/h1-5,10-11,13,15,19-20H,6-9H2,(H,17,21). The molecule has 1 aliphatic heterocycles. The number of hydrogen-bond acceptors (Lipinski definition) is 6. The van der Waals surface area contributed by atoms with E-state index in [1.165, 1.54) is 0 Å². The molecule has 0 spiro atoms. The molecule has 3 N–H and O–H groups in total. The minimum atomic E-state index is -0.227. The molecule has 7 heteroatoms. The molecular weight excluding hydrogens is 312 g/mol. The molecule has 1 fully saturated rings. The van der Waals surface area contributed by atoms with Crippen LogP contribution in [0.2, 0.25) is 0 Å². The molecule has 0 saturated carbocycles. The molecule has 2 unspecified atom stereocenters. The van der Waals surface area contributed by atoms with E-state index in [4.69, 9.17) is 4.74 Å². The van der Waals surface area contributed by atoms with Gasteiger partial charge in [0, 0.05) is 18.3 Å². The van der Waals surface area contributed by atoms with E-state index >= 15 is 0 Å². The van der Waals surface area contributed by atoms with E-state index in [9.17, 15) is 4.79 Å². The summed E-state index contributed by atoms with van der Waals surface area (Å²) in [6.45, 7) is 1.13. The van der Waals surface area contributed by atoms with Crippen LogP contribution in [0, 0.1) is 0 Å². The number of rotatable bonds is 7. The number of hydrogen-bond donors (Lipinski definition) is 3. The van der Waals surface area contributed by atoms with Gasteiger partial charge < -0.3 is 10.1 Å². The van der Waals surface area contributed by atoms with Crippen molar-refractivity contribution in [1.29, 1.82) is 0 Å². The number of aromatic nitrogens is 1. The fourth-order valence-electron chi connectivity index (χ4n) is 2.41. The minimum Gasteiger partial charge on any atom is -0.492 e. The van der Waals surface area contributed by atoms with Crippen molar-refractivity contribution < 1.29 is 9.53 Å². The average Bonchev–Trinajstić information content (AvgIpc) is 3.25. The third kappa shape index (κ3) is 4.75. The molecule has 1 aromatic carbocycles. The number of carbonyl (C=O) groups excluding carboxylic acids is 1. The third-order valence-corrected chi connectivity index (χ3v) is 4.29. The molecule has 0 aliphatic carbocycles. The predicted molar refractivity (Wildman–Crippen MR) is 89.2 cm³/mol. The van der Waals surface area contributed by atoms with Crippen LogP contribution in [-0.4, -0.2) is 36.1 Å². The number of benzene rings is 1. The fraction of sp³-hybridized carbons (Fsp3) is 0.375. The van der Waals surface area contributed by atoms with Crippen LogP contribution in [0.4, 0.5) is 0 Å². The number of nitrogens with one attached hydrogen (secondary N) is 3. The highest BCUT2D eigenvalue weighted by Gasteiger charge is 2.29. The molecule has 1 aromatic heterocycles. The maximum Gasteiger partial charge on any atom is 0.238 e. The van der Waals surface area contributed by atoms with Crippen LogP contribution in [0.15, 0.2) is 41.2 Å². The summed E-state index contributed by atoms with van der Waals surface area (Å²) < 4.78 is 5.71. The van der Waals surface area contributed by atoms with Crippen molar-refractivity contribution in [2.45, 2.75) is 24.9 Å². The highest BCUT2D eigenvalue weighted by atomic mass is 32.1. The van der Waals surface area contributed by atoms with Crippen molar-refractivity contribution in [2.75, 3.05) is 13.2 Å². The van der Waals surface area contributed by atoms with E-state index in [0.29, 0.717) is 19.6 Å². The maximum absolute atomic E-state index is 12.1. The second-order valence-electron chi connectivity index (χ2n) is 5.42. The Morgan fingerprint density at radius 2 is 2.22 bits per heavy atom. The Kier molecular flexibility index (Phi) is 5.57. The molecule has 1 aliphatic rings. The van der Waals surface area contributed by atoms with Crippen molar-refractivity contribution in [2.24, 2.45) is 0 Å². The monoisotopic (exact) mass is 332 g/mol. The molecule has 23 heavy (non-hydrogen) atoms. The summed E-state index contributed by atoms with van der Waals surface area (Å²) in [7, 11) is 0. The number of para-hydroxylation sites is 1. The lowest BCUT2D eigenvalue weighted by Gasteiger charge is -2.11. The van der Waals surface area contributed by atoms with Crippen LogP contribution in [0.25, 0.3) is 0 Å². The summed E-state index contributed by atoms with van der Waals surface area (Å²) >= 11 is 1.57. The summed E-state index contributed by atoms with van der Waals surface area (Å²) in [6, 6.07) is 9.56. The molecule has 1 amide bonds. The Morgan fingerprint density at radius 1 is 1.35 bits per heavy atom. The Morgan fingerprint density at radius 3 is 3.00 bits per heavy atom. The number of ether oxygens (including phenoxy) is 1. The van der Waals surface area contributed by atoms with Gasteiger partial charge in [0.25, 0.3) is 0 Å². The SMILES string of the molecule is O=C(NCCc1cscn1)C1CC(COc2ccccc2)NN1. The summed E-state index contributed by atoms with van der Waals surface area (Å²) in [4.78, 5) is 16.3. The average molecular weight is 332 g/mol. The van der Waals surface area contributed by atoms with Crippen molar-refractivity contribution in [3.8, 4) is 5.75 Å². The van der Waals surface area contributed by atoms with E-state index < -0.39 is 0 Å². The molecule has 2 heterocycles. The van der Waals surface area contributed by atoms with Gasteiger partial charge in [0.05, 0.1) is 17.2 Å². The minimum absolute atomic E-state index is 0.00920. The Labute approximate surface area is 139 Å². The summed E-state index contributed by atoms with van der Waals surface area (Å²) in [5, 5.41) is 4.94. The van der Waals surface area contributed by atoms with Gasteiger partial charge in [-0.2, -0.15) is 0 Å². The first kappa shape index (κ1) is 15.9. The quantitative estimate of drug-likeness (QED) is 0.708. The molecule has 2 atom stereocenters. The van der Waals surface area contributed by atoms with Crippen LogP contribution in [0.1, 0.15) is 12.1 Å². The fourth-order valence-corrected chi connectivity index (χ4v) is 3.01. The van der Waals surface area contributed by atoms with Crippen LogP contribution in [0.5, 0.6) is 5.75 Å². The van der Waals surface area contributed by atoms with Crippen LogP contribution in [0.3, 0.4) is 0 Å². The summed E-state index contributed by atoms with van der Waals surface area (Å²) in [5.74, 6) is 0.848. The Balaban J connectivity index is 1.36. The second-order valence-corrected chi connectivity index (χ2v) is 6.14.